The zero-order valence-electron chi connectivity index (χ0n) is 10.7. The van der Waals surface area contributed by atoms with E-state index < -0.39 is 0 Å². The number of carbonyl (C=O) groups excluding carboxylic acids is 2. The van der Waals surface area contributed by atoms with Gasteiger partial charge in [-0.15, -0.1) is 0 Å². The number of aliphatic hydroxyl groups excluding tert-OH is 1. The first kappa shape index (κ1) is 14.7. The van der Waals surface area contributed by atoms with Gasteiger partial charge in [0.1, 0.15) is 6.61 Å². The highest BCUT2D eigenvalue weighted by Crippen LogP contribution is 2.06. The Labute approximate surface area is 112 Å². The van der Waals surface area contributed by atoms with E-state index >= 15 is 0 Å². The molecule has 19 heavy (non-hydrogen) atoms. The molecule has 0 saturated carbocycles. The largest absolute Gasteiger partial charge is 0.384 e. The molecule has 0 fully saturated rings. The Morgan fingerprint density at radius 3 is 2.68 bits per heavy atom. The highest BCUT2D eigenvalue weighted by Gasteiger charge is 2.04. The number of amides is 2. The number of carbonyl (C=O) groups is 2. The molecule has 3 N–H and O–H groups in total. The minimum Gasteiger partial charge on any atom is -0.384 e. The fraction of sp³-hybridized carbons (Fsp3) is 0.286. The number of nitrogens with one attached hydrogen (secondary N) is 2. The van der Waals surface area contributed by atoms with E-state index in [1.54, 1.807) is 0 Å². The van der Waals surface area contributed by atoms with Crippen LogP contribution in [0.5, 0.6) is 0 Å². The molecule has 0 heterocycles. The average molecular weight is 260 g/mol. The van der Waals surface area contributed by atoms with E-state index in [1.807, 2.05) is 24.3 Å². The molecular formula is C14H16N2O3. The van der Waals surface area contributed by atoms with E-state index in [2.05, 4.69) is 22.5 Å². The van der Waals surface area contributed by atoms with Gasteiger partial charge >= 0.3 is 0 Å². The van der Waals surface area contributed by atoms with Crippen molar-refractivity contribution in [3.63, 3.8) is 0 Å². The van der Waals surface area contributed by atoms with Crippen molar-refractivity contribution < 1.29 is 14.7 Å². The molecule has 0 bridgehead atoms. The molecule has 0 aliphatic heterocycles. The van der Waals surface area contributed by atoms with Crippen LogP contribution in [0.3, 0.4) is 0 Å². The van der Waals surface area contributed by atoms with Gasteiger partial charge in [-0.1, -0.05) is 30.0 Å². The third kappa shape index (κ3) is 5.70. The summed E-state index contributed by atoms with van der Waals surface area (Å²) in [5.74, 6) is 4.87. The molecule has 0 unspecified atom stereocenters. The monoisotopic (exact) mass is 260 g/mol. The van der Waals surface area contributed by atoms with Crippen molar-refractivity contribution in [3.8, 4) is 11.8 Å². The van der Waals surface area contributed by atoms with Crippen molar-refractivity contribution >= 4 is 11.8 Å². The highest BCUT2D eigenvalue weighted by molar-refractivity contribution is 5.83. The normalized spacial score (nSPS) is 9.16. The Morgan fingerprint density at radius 1 is 1.26 bits per heavy atom. The summed E-state index contributed by atoms with van der Waals surface area (Å²) in [5.41, 5.74) is 1.62. The van der Waals surface area contributed by atoms with Crippen LogP contribution in [-0.4, -0.2) is 30.1 Å². The lowest BCUT2D eigenvalue weighted by Gasteiger charge is -2.07. The predicted octanol–water partition coefficient (Wildman–Crippen LogP) is -0.217. The fourth-order valence-electron chi connectivity index (χ4n) is 1.39. The van der Waals surface area contributed by atoms with Crippen LogP contribution < -0.4 is 10.6 Å². The topological polar surface area (TPSA) is 78.4 Å². The van der Waals surface area contributed by atoms with E-state index in [9.17, 15) is 9.59 Å². The van der Waals surface area contributed by atoms with Gasteiger partial charge in [-0.05, 0) is 11.6 Å². The third-order valence-corrected chi connectivity index (χ3v) is 2.29. The Hall–Kier alpha value is -2.32. The van der Waals surface area contributed by atoms with Crippen molar-refractivity contribution in [1.82, 2.24) is 10.6 Å². The summed E-state index contributed by atoms with van der Waals surface area (Å²) in [7, 11) is 0. The second-order valence-corrected chi connectivity index (χ2v) is 3.80. The SMILES string of the molecule is CC(=O)NCC(=O)NCc1ccccc1C#CCO. The number of hydrogen-bond donors (Lipinski definition) is 3. The summed E-state index contributed by atoms with van der Waals surface area (Å²) in [4.78, 5) is 22.1. The Bertz CT molecular complexity index is 515. The molecule has 0 saturated heterocycles. The molecule has 5 heteroatoms. The van der Waals surface area contributed by atoms with Crippen LogP contribution in [0.2, 0.25) is 0 Å². The zero-order chi connectivity index (χ0) is 14.1. The van der Waals surface area contributed by atoms with Crippen molar-refractivity contribution in [2.75, 3.05) is 13.2 Å². The number of aliphatic hydroxyl groups is 1. The molecule has 100 valence electrons. The third-order valence-electron chi connectivity index (χ3n) is 2.29. The maximum atomic E-state index is 11.4. The lowest BCUT2D eigenvalue weighted by atomic mass is 10.1. The second-order valence-electron chi connectivity index (χ2n) is 3.80. The van der Waals surface area contributed by atoms with Crippen LogP contribution in [0, 0.1) is 11.8 Å². The van der Waals surface area contributed by atoms with E-state index in [0.29, 0.717) is 6.54 Å². The number of rotatable bonds is 4. The average Bonchev–Trinajstić information content (AvgIpc) is 2.41. The maximum Gasteiger partial charge on any atom is 0.239 e. The van der Waals surface area contributed by atoms with E-state index in [0.717, 1.165) is 11.1 Å². The molecule has 1 aromatic rings. The standard InChI is InChI=1S/C14H16N2O3/c1-11(18)15-10-14(19)16-9-13-6-3-2-5-12(13)7-4-8-17/h2-3,5-6,17H,8-10H2,1H3,(H,15,18)(H,16,19). The minimum atomic E-state index is -0.264. The molecular weight excluding hydrogens is 244 g/mol. The van der Waals surface area contributed by atoms with Gasteiger partial charge in [0.2, 0.25) is 11.8 Å². The van der Waals surface area contributed by atoms with Crippen molar-refractivity contribution in [2.45, 2.75) is 13.5 Å². The zero-order valence-corrected chi connectivity index (χ0v) is 10.7. The van der Waals surface area contributed by atoms with Gasteiger partial charge in [0, 0.05) is 19.0 Å². The summed E-state index contributed by atoms with van der Waals surface area (Å²) in [5, 5.41) is 13.8. The molecule has 2 amide bonds. The summed E-state index contributed by atoms with van der Waals surface area (Å²) < 4.78 is 0. The molecule has 1 rings (SSSR count). The van der Waals surface area contributed by atoms with Gasteiger partial charge in [-0.25, -0.2) is 0 Å². The summed E-state index contributed by atoms with van der Waals surface area (Å²) >= 11 is 0. The summed E-state index contributed by atoms with van der Waals surface area (Å²) in [6.45, 7) is 1.44. The summed E-state index contributed by atoms with van der Waals surface area (Å²) in [6.07, 6.45) is 0. The Balaban J connectivity index is 2.57. The smallest absolute Gasteiger partial charge is 0.239 e. The van der Waals surface area contributed by atoms with Gasteiger partial charge < -0.3 is 15.7 Å². The fourth-order valence-corrected chi connectivity index (χ4v) is 1.39. The molecule has 0 aliphatic carbocycles. The first-order valence-electron chi connectivity index (χ1n) is 5.82. The van der Waals surface area contributed by atoms with Crippen LogP contribution in [0.1, 0.15) is 18.1 Å². The van der Waals surface area contributed by atoms with E-state index in [-0.39, 0.29) is 25.0 Å². The number of hydrogen-bond acceptors (Lipinski definition) is 3. The molecule has 0 atom stereocenters. The maximum absolute atomic E-state index is 11.4. The first-order chi connectivity index (χ1) is 9.13. The minimum absolute atomic E-state index is 0.0418. The van der Waals surface area contributed by atoms with E-state index in [4.69, 9.17) is 5.11 Å². The van der Waals surface area contributed by atoms with Gasteiger partial charge in [-0.3, -0.25) is 9.59 Å². The Morgan fingerprint density at radius 2 is 2.00 bits per heavy atom. The van der Waals surface area contributed by atoms with Crippen molar-refractivity contribution in [3.05, 3.63) is 35.4 Å². The molecule has 0 spiro atoms. The molecule has 5 nitrogen and oxygen atoms in total. The van der Waals surface area contributed by atoms with Gasteiger partial charge in [-0.2, -0.15) is 0 Å². The first-order valence-corrected chi connectivity index (χ1v) is 5.82. The highest BCUT2D eigenvalue weighted by atomic mass is 16.2. The summed E-state index contributed by atoms with van der Waals surface area (Å²) in [6, 6.07) is 7.35. The van der Waals surface area contributed by atoms with Crippen LogP contribution in [-0.2, 0) is 16.1 Å². The predicted molar refractivity (Wildman–Crippen MR) is 70.9 cm³/mol. The van der Waals surface area contributed by atoms with Crippen LogP contribution in [0.4, 0.5) is 0 Å². The molecule has 0 aromatic heterocycles. The molecule has 0 aliphatic rings. The van der Waals surface area contributed by atoms with Crippen molar-refractivity contribution in [2.24, 2.45) is 0 Å². The second kappa shape index (κ2) is 7.90. The number of benzene rings is 1. The van der Waals surface area contributed by atoms with Gasteiger partial charge in [0.05, 0.1) is 6.54 Å². The van der Waals surface area contributed by atoms with Crippen LogP contribution in [0.25, 0.3) is 0 Å². The Kier molecular flexibility index (Phi) is 6.13. The molecule has 0 radical (unpaired) electrons. The lowest BCUT2D eigenvalue weighted by Crippen LogP contribution is -2.35. The van der Waals surface area contributed by atoms with Crippen LogP contribution in [0.15, 0.2) is 24.3 Å². The van der Waals surface area contributed by atoms with Gasteiger partial charge in [0.25, 0.3) is 0 Å². The van der Waals surface area contributed by atoms with Crippen LogP contribution >= 0.6 is 0 Å². The quantitative estimate of drug-likeness (QED) is 0.655. The van der Waals surface area contributed by atoms with Gasteiger partial charge in [0.15, 0.2) is 0 Å². The lowest BCUT2D eigenvalue weighted by molar-refractivity contribution is -0.125. The van der Waals surface area contributed by atoms with E-state index in [1.165, 1.54) is 6.92 Å². The molecule has 1 aromatic carbocycles. The van der Waals surface area contributed by atoms with Crippen molar-refractivity contribution in [1.29, 1.82) is 0 Å².